The van der Waals surface area contributed by atoms with Gasteiger partial charge in [-0.2, -0.15) is 13.2 Å². The zero-order valence-corrected chi connectivity index (χ0v) is 19.5. The monoisotopic (exact) mass is 535 g/mol. The van der Waals surface area contributed by atoms with Gasteiger partial charge in [0.15, 0.2) is 22.2 Å². The van der Waals surface area contributed by atoms with Gasteiger partial charge < -0.3 is 20.0 Å². The molecule has 0 bridgehead atoms. The molecule has 0 radical (unpaired) electrons. The number of rotatable bonds is 6. The Morgan fingerprint density at radius 2 is 1.82 bits per heavy atom. The summed E-state index contributed by atoms with van der Waals surface area (Å²) in [4.78, 5) is 4.23. The first-order valence-corrected chi connectivity index (χ1v) is 11.1. The van der Waals surface area contributed by atoms with Crippen molar-refractivity contribution in [1.82, 2.24) is 19.6 Å². The van der Waals surface area contributed by atoms with Gasteiger partial charge in [0.2, 0.25) is 0 Å². The first-order chi connectivity index (χ1) is 15.9. The van der Waals surface area contributed by atoms with E-state index in [2.05, 4.69) is 15.2 Å². The van der Waals surface area contributed by atoms with E-state index in [1.807, 2.05) is 0 Å². The molecule has 0 aliphatic rings. The van der Waals surface area contributed by atoms with E-state index in [4.69, 9.17) is 33.7 Å². The van der Waals surface area contributed by atoms with E-state index < -0.39 is 23.1 Å². The summed E-state index contributed by atoms with van der Waals surface area (Å²) in [7, 11) is 0. The zero-order valence-electron chi connectivity index (χ0n) is 17.2. The molecule has 4 rings (SSSR count). The number of hydrogen-bond donors (Lipinski definition) is 2. The lowest BCUT2D eigenvalue weighted by Crippen LogP contribution is -2.46. The van der Waals surface area contributed by atoms with Gasteiger partial charge in [0.05, 0.1) is 27.8 Å². The maximum absolute atomic E-state index is 14.6. The molecule has 0 saturated carbocycles. The van der Waals surface area contributed by atoms with Crippen LogP contribution in [0.25, 0.3) is 26.9 Å². The lowest BCUT2D eigenvalue weighted by molar-refractivity contribution is -0.137. The highest BCUT2D eigenvalue weighted by atomic mass is 35.5. The van der Waals surface area contributed by atoms with Crippen LogP contribution in [-0.4, -0.2) is 43.4 Å². The van der Waals surface area contributed by atoms with E-state index in [9.17, 15) is 22.7 Å². The number of benzene rings is 1. The van der Waals surface area contributed by atoms with Crippen molar-refractivity contribution in [2.75, 3.05) is 13.2 Å². The van der Waals surface area contributed by atoms with Crippen molar-refractivity contribution in [2.24, 2.45) is 5.73 Å². The van der Waals surface area contributed by atoms with Crippen molar-refractivity contribution in [3.05, 3.63) is 52.0 Å². The van der Waals surface area contributed by atoms with Gasteiger partial charge in [-0.1, -0.05) is 34.5 Å². The number of aliphatic hydroxyl groups excluding tert-OH is 1. The summed E-state index contributed by atoms with van der Waals surface area (Å²) >= 11 is 13.3. The third kappa shape index (κ3) is 4.96. The fraction of sp³-hybridized carbons (Fsp3) is 0.250. The first kappa shape index (κ1) is 24.6. The molecule has 0 amide bonds. The normalized spacial score (nSPS) is 13.9. The van der Waals surface area contributed by atoms with E-state index in [0.717, 1.165) is 34.1 Å². The number of aromatic nitrogens is 4. The van der Waals surface area contributed by atoms with Crippen molar-refractivity contribution in [2.45, 2.75) is 18.6 Å². The number of hydrogen-bond acceptors (Lipinski definition) is 7. The summed E-state index contributed by atoms with van der Waals surface area (Å²) in [5.74, 6) is -0.886. The molecule has 0 saturated heterocycles. The largest absolute Gasteiger partial charge is 0.488 e. The number of alkyl halides is 3. The molecule has 4 aromatic rings. The molecule has 3 aromatic heterocycles. The van der Waals surface area contributed by atoms with Gasteiger partial charge >= 0.3 is 6.18 Å². The van der Waals surface area contributed by atoms with Crippen molar-refractivity contribution >= 4 is 40.2 Å². The molecular weight excluding hydrogens is 521 g/mol. The van der Waals surface area contributed by atoms with E-state index in [1.165, 1.54) is 12.3 Å². The lowest BCUT2D eigenvalue weighted by atomic mass is 10.1. The molecule has 1 atom stereocenters. The highest BCUT2D eigenvalue weighted by Gasteiger charge is 2.32. The summed E-state index contributed by atoms with van der Waals surface area (Å²) in [6.45, 7) is 1.03. The number of fused-ring (bicyclic) bond motifs is 1. The number of imidazole rings is 1. The minimum Gasteiger partial charge on any atom is -0.488 e. The van der Waals surface area contributed by atoms with Crippen LogP contribution in [0.3, 0.4) is 0 Å². The molecule has 14 heteroatoms. The van der Waals surface area contributed by atoms with Gasteiger partial charge in [-0.15, -0.1) is 10.2 Å². The molecule has 3 N–H and O–H groups in total. The molecule has 3 heterocycles. The summed E-state index contributed by atoms with van der Waals surface area (Å²) in [6, 6.07) is 3.16. The van der Waals surface area contributed by atoms with Crippen molar-refractivity contribution in [3.8, 4) is 27.0 Å². The maximum atomic E-state index is 14.6. The number of nitrogens with two attached hydrogens (primary N) is 1. The minimum absolute atomic E-state index is 0.113. The summed E-state index contributed by atoms with van der Waals surface area (Å²) < 4.78 is 60.2. The van der Waals surface area contributed by atoms with E-state index in [0.29, 0.717) is 0 Å². The van der Waals surface area contributed by atoms with Gasteiger partial charge in [0, 0.05) is 24.0 Å². The first-order valence-electron chi connectivity index (χ1n) is 9.49. The van der Waals surface area contributed by atoms with E-state index in [-0.39, 0.29) is 55.9 Å². The third-order valence-corrected chi connectivity index (χ3v) is 6.22. The van der Waals surface area contributed by atoms with Crippen LogP contribution in [0.2, 0.25) is 10.0 Å². The SMILES string of the molecule is CC(N)(CO)COc1cc(Cl)c(-c2nnc(-c3cn4cc(C(F)(F)F)cc(Cl)c4n3)s2)cc1F. The van der Waals surface area contributed by atoms with Crippen LogP contribution in [0, 0.1) is 5.82 Å². The molecule has 34 heavy (non-hydrogen) atoms. The number of aliphatic hydroxyl groups is 1. The molecular formula is C20H15Cl2F4N5O2S. The van der Waals surface area contributed by atoms with Gasteiger partial charge in [-0.25, -0.2) is 9.37 Å². The predicted octanol–water partition coefficient (Wildman–Crippen LogP) is 5.07. The van der Waals surface area contributed by atoms with Crippen LogP contribution in [0.5, 0.6) is 5.75 Å². The van der Waals surface area contributed by atoms with Gasteiger partial charge in [-0.05, 0) is 19.1 Å². The fourth-order valence-electron chi connectivity index (χ4n) is 2.84. The summed E-state index contributed by atoms with van der Waals surface area (Å²) in [5, 5.41) is 17.7. The van der Waals surface area contributed by atoms with Crippen molar-refractivity contribution in [1.29, 1.82) is 0 Å². The summed E-state index contributed by atoms with van der Waals surface area (Å²) in [6.07, 6.45) is -2.37. The Bertz CT molecular complexity index is 1370. The Balaban J connectivity index is 1.64. The number of ether oxygens (including phenoxy) is 1. The van der Waals surface area contributed by atoms with Crippen LogP contribution in [-0.2, 0) is 6.18 Å². The van der Waals surface area contributed by atoms with Crippen LogP contribution in [0.15, 0.2) is 30.6 Å². The smallest absolute Gasteiger partial charge is 0.417 e. The quantitative estimate of drug-likeness (QED) is 0.334. The molecule has 0 fully saturated rings. The standard InChI is InChI=1S/C20H15Cl2F4N5O2S/c1-19(27,7-32)8-33-15-4-11(21)10(3-13(15)23)17-29-30-18(34-17)14-6-31-5-9(20(24,25)26)2-12(22)16(31)28-14/h2-6,32H,7-8,27H2,1H3. The molecule has 0 aliphatic carbocycles. The zero-order chi connectivity index (χ0) is 24.8. The van der Waals surface area contributed by atoms with Gasteiger partial charge in [0.25, 0.3) is 0 Å². The molecule has 1 unspecified atom stereocenters. The highest BCUT2D eigenvalue weighted by Crippen LogP contribution is 2.38. The number of pyridine rings is 1. The summed E-state index contributed by atoms with van der Waals surface area (Å²) in [5.41, 5.74) is 4.36. The lowest BCUT2D eigenvalue weighted by Gasteiger charge is -2.22. The Morgan fingerprint density at radius 1 is 1.12 bits per heavy atom. The predicted molar refractivity (Wildman–Crippen MR) is 120 cm³/mol. The molecule has 7 nitrogen and oxygen atoms in total. The molecule has 180 valence electrons. The number of halogens is 6. The Kier molecular flexibility index (Phi) is 6.46. The van der Waals surface area contributed by atoms with Crippen LogP contribution in [0.1, 0.15) is 12.5 Å². The Labute approximate surface area is 203 Å². The molecule has 1 aromatic carbocycles. The number of nitrogens with zero attached hydrogens (tertiary/aromatic N) is 4. The second-order valence-corrected chi connectivity index (χ2v) is 9.50. The molecule has 0 aliphatic heterocycles. The Morgan fingerprint density at radius 3 is 2.50 bits per heavy atom. The van der Waals surface area contributed by atoms with Crippen LogP contribution in [0.4, 0.5) is 17.6 Å². The van der Waals surface area contributed by atoms with Gasteiger partial charge in [-0.3, -0.25) is 0 Å². The fourth-order valence-corrected chi connectivity index (χ4v) is 4.23. The van der Waals surface area contributed by atoms with E-state index >= 15 is 0 Å². The van der Waals surface area contributed by atoms with Crippen LogP contribution >= 0.6 is 34.5 Å². The highest BCUT2D eigenvalue weighted by molar-refractivity contribution is 7.18. The average Bonchev–Trinajstić information content (AvgIpc) is 3.41. The van der Waals surface area contributed by atoms with Crippen molar-refractivity contribution in [3.63, 3.8) is 0 Å². The van der Waals surface area contributed by atoms with Crippen molar-refractivity contribution < 1.29 is 27.4 Å². The maximum Gasteiger partial charge on any atom is 0.417 e. The minimum atomic E-state index is -4.57. The Hall–Kier alpha value is -2.51. The van der Waals surface area contributed by atoms with Crippen LogP contribution < -0.4 is 10.5 Å². The average molecular weight is 536 g/mol. The second-order valence-electron chi connectivity index (χ2n) is 7.71. The van der Waals surface area contributed by atoms with Gasteiger partial charge in [0.1, 0.15) is 17.3 Å². The topological polar surface area (TPSA) is 98.6 Å². The second kappa shape index (κ2) is 8.93. The molecule has 0 spiro atoms. The van der Waals surface area contributed by atoms with E-state index in [1.54, 1.807) is 6.92 Å². The third-order valence-electron chi connectivity index (χ3n) is 4.65.